The number of sulfone groups is 1. The molecule has 0 aliphatic rings. The minimum absolute atomic E-state index is 0.0442. The molecule has 0 aliphatic heterocycles. The quantitative estimate of drug-likeness (QED) is 0.812. The lowest BCUT2D eigenvalue weighted by Crippen LogP contribution is -2.32. The maximum atomic E-state index is 13.2. The first-order valence-electron chi connectivity index (χ1n) is 7.60. The highest BCUT2D eigenvalue weighted by atomic mass is 32.2. The van der Waals surface area contributed by atoms with E-state index in [4.69, 9.17) is 0 Å². The fraction of sp³-hybridized carbons (Fsp3) is 0.353. The molecule has 130 valence electrons. The zero-order chi connectivity index (χ0) is 17.7. The number of benzene rings is 1. The van der Waals surface area contributed by atoms with Gasteiger partial charge in [-0.3, -0.25) is 4.79 Å². The lowest BCUT2D eigenvalue weighted by Gasteiger charge is -2.18. The Labute approximate surface area is 145 Å². The molecule has 1 unspecified atom stereocenters. The van der Waals surface area contributed by atoms with Gasteiger partial charge in [-0.1, -0.05) is 32.0 Å². The second kappa shape index (κ2) is 7.90. The van der Waals surface area contributed by atoms with Gasteiger partial charge in [0.05, 0.1) is 0 Å². The molecule has 24 heavy (non-hydrogen) atoms. The van der Waals surface area contributed by atoms with Crippen molar-refractivity contribution in [3.63, 3.8) is 0 Å². The third-order valence-corrected chi connectivity index (χ3v) is 7.00. The van der Waals surface area contributed by atoms with Crippen LogP contribution in [0.4, 0.5) is 4.39 Å². The summed E-state index contributed by atoms with van der Waals surface area (Å²) in [5.74, 6) is -0.448. The molecule has 1 aromatic heterocycles. The van der Waals surface area contributed by atoms with E-state index in [0.29, 0.717) is 12.0 Å². The van der Waals surface area contributed by atoms with Crippen molar-refractivity contribution in [2.45, 2.75) is 29.7 Å². The Bertz CT molecular complexity index is 769. The third kappa shape index (κ3) is 4.64. The van der Waals surface area contributed by atoms with Crippen molar-refractivity contribution < 1.29 is 17.6 Å². The van der Waals surface area contributed by atoms with Crippen molar-refractivity contribution in [2.24, 2.45) is 5.92 Å². The number of hydrogen-bond donors (Lipinski definition) is 1. The Hall–Kier alpha value is -1.73. The topological polar surface area (TPSA) is 63.2 Å². The lowest BCUT2D eigenvalue weighted by atomic mass is 10.1. The summed E-state index contributed by atoms with van der Waals surface area (Å²) >= 11 is 1.13. The highest BCUT2D eigenvalue weighted by molar-refractivity contribution is 7.93. The van der Waals surface area contributed by atoms with Crippen LogP contribution in [-0.4, -0.2) is 20.9 Å². The largest absolute Gasteiger partial charge is 0.354 e. The molecule has 4 nitrogen and oxygen atoms in total. The molecule has 0 aliphatic carbocycles. The highest BCUT2D eigenvalue weighted by Crippen LogP contribution is 2.31. The summed E-state index contributed by atoms with van der Waals surface area (Å²) in [6.07, 6.45) is 0.329. The van der Waals surface area contributed by atoms with Crippen molar-refractivity contribution in [1.82, 2.24) is 5.32 Å². The summed E-state index contributed by atoms with van der Waals surface area (Å²) in [6, 6.07) is 8.53. The van der Waals surface area contributed by atoms with Crippen LogP contribution in [-0.2, 0) is 14.6 Å². The van der Waals surface area contributed by atoms with Crippen LogP contribution in [0, 0.1) is 11.7 Å². The van der Waals surface area contributed by atoms with Gasteiger partial charge in [0.2, 0.25) is 5.91 Å². The summed E-state index contributed by atoms with van der Waals surface area (Å²) < 4.78 is 39.1. The Morgan fingerprint density at radius 3 is 2.42 bits per heavy atom. The van der Waals surface area contributed by atoms with E-state index in [-0.39, 0.29) is 22.6 Å². The standard InChI is InChI=1S/C17H20FNO3S2/c1-12(2)10-16(20)19-11-15(13-5-7-14(18)8-6-13)24(21,22)17-4-3-9-23-17/h3-9,12,15H,10-11H2,1-2H3,(H,19,20). The molecule has 2 aromatic rings. The molecule has 1 heterocycles. The second-order valence-electron chi connectivity index (χ2n) is 5.92. The van der Waals surface area contributed by atoms with Crippen LogP contribution >= 0.6 is 11.3 Å². The Morgan fingerprint density at radius 1 is 1.21 bits per heavy atom. The summed E-state index contributed by atoms with van der Waals surface area (Å²) in [5, 5.41) is 3.42. The molecule has 0 saturated heterocycles. The number of amides is 1. The van der Waals surface area contributed by atoms with E-state index in [9.17, 15) is 17.6 Å². The van der Waals surface area contributed by atoms with Gasteiger partial charge in [0, 0.05) is 13.0 Å². The summed E-state index contributed by atoms with van der Waals surface area (Å²) in [6.45, 7) is 3.79. The van der Waals surface area contributed by atoms with Gasteiger partial charge in [0.25, 0.3) is 0 Å². The van der Waals surface area contributed by atoms with Crippen LogP contribution in [0.15, 0.2) is 46.0 Å². The van der Waals surface area contributed by atoms with E-state index in [1.165, 1.54) is 30.3 Å². The maximum absolute atomic E-state index is 13.2. The zero-order valence-corrected chi connectivity index (χ0v) is 15.2. The number of carbonyl (C=O) groups is 1. The van der Waals surface area contributed by atoms with E-state index in [0.717, 1.165) is 11.3 Å². The molecule has 1 aromatic carbocycles. The number of halogens is 1. The first-order chi connectivity index (χ1) is 11.3. The first-order valence-corrected chi connectivity index (χ1v) is 10.0. The molecule has 0 saturated carbocycles. The minimum atomic E-state index is -3.67. The number of hydrogen-bond acceptors (Lipinski definition) is 4. The average molecular weight is 369 g/mol. The molecule has 2 rings (SSSR count). The summed E-state index contributed by atoms with van der Waals surface area (Å²) in [5.41, 5.74) is 0.453. The number of rotatable bonds is 7. The number of nitrogens with one attached hydrogen (secondary N) is 1. The van der Waals surface area contributed by atoms with E-state index in [1.807, 2.05) is 13.8 Å². The smallest absolute Gasteiger partial charge is 0.220 e. The fourth-order valence-electron chi connectivity index (χ4n) is 2.30. The number of carbonyl (C=O) groups excluding carboxylic acids is 1. The zero-order valence-electron chi connectivity index (χ0n) is 13.5. The summed E-state index contributed by atoms with van der Waals surface area (Å²) in [4.78, 5) is 11.9. The fourth-order valence-corrected chi connectivity index (χ4v) is 5.17. The van der Waals surface area contributed by atoms with Crippen molar-refractivity contribution in [1.29, 1.82) is 0 Å². The molecule has 1 atom stereocenters. The monoisotopic (exact) mass is 369 g/mol. The van der Waals surface area contributed by atoms with Crippen LogP contribution in [0.5, 0.6) is 0 Å². The Kier molecular flexibility index (Phi) is 6.12. The van der Waals surface area contributed by atoms with Gasteiger partial charge in [-0.05, 0) is 35.1 Å². The van der Waals surface area contributed by atoms with Crippen molar-refractivity contribution >= 4 is 27.1 Å². The predicted octanol–water partition coefficient (Wildman–Crippen LogP) is 3.56. The predicted molar refractivity (Wildman–Crippen MR) is 93.1 cm³/mol. The van der Waals surface area contributed by atoms with Gasteiger partial charge in [0.15, 0.2) is 9.84 Å². The van der Waals surface area contributed by atoms with E-state index < -0.39 is 20.9 Å². The number of thiophene rings is 1. The molecule has 0 fully saturated rings. The van der Waals surface area contributed by atoms with E-state index in [2.05, 4.69) is 5.32 Å². The molecule has 0 spiro atoms. The van der Waals surface area contributed by atoms with Crippen molar-refractivity contribution in [3.05, 3.63) is 53.2 Å². The highest BCUT2D eigenvalue weighted by Gasteiger charge is 2.30. The Balaban J connectivity index is 2.28. The average Bonchev–Trinajstić information content (AvgIpc) is 3.03. The molecular weight excluding hydrogens is 349 g/mol. The van der Waals surface area contributed by atoms with Gasteiger partial charge >= 0.3 is 0 Å². The van der Waals surface area contributed by atoms with E-state index >= 15 is 0 Å². The molecule has 0 bridgehead atoms. The summed E-state index contributed by atoms with van der Waals surface area (Å²) in [7, 11) is -3.67. The molecular formula is C17H20FNO3S2. The molecule has 0 radical (unpaired) electrons. The molecule has 7 heteroatoms. The van der Waals surface area contributed by atoms with Crippen LogP contribution in [0.3, 0.4) is 0 Å². The lowest BCUT2D eigenvalue weighted by molar-refractivity contribution is -0.121. The van der Waals surface area contributed by atoms with Crippen LogP contribution in [0.2, 0.25) is 0 Å². The van der Waals surface area contributed by atoms with Gasteiger partial charge in [0.1, 0.15) is 15.3 Å². The van der Waals surface area contributed by atoms with Gasteiger partial charge in [-0.2, -0.15) is 0 Å². The third-order valence-electron chi connectivity index (χ3n) is 3.47. The first kappa shape index (κ1) is 18.6. The maximum Gasteiger partial charge on any atom is 0.220 e. The normalized spacial score (nSPS) is 13.0. The van der Waals surface area contributed by atoms with Crippen LogP contribution in [0.25, 0.3) is 0 Å². The van der Waals surface area contributed by atoms with Gasteiger partial charge in [-0.15, -0.1) is 11.3 Å². The molecule has 1 N–H and O–H groups in total. The minimum Gasteiger partial charge on any atom is -0.354 e. The SMILES string of the molecule is CC(C)CC(=O)NCC(c1ccc(F)cc1)S(=O)(=O)c1cccs1. The second-order valence-corrected chi connectivity index (χ2v) is 9.22. The van der Waals surface area contributed by atoms with Crippen molar-refractivity contribution in [3.8, 4) is 0 Å². The molecule has 1 amide bonds. The van der Waals surface area contributed by atoms with Gasteiger partial charge < -0.3 is 5.32 Å². The van der Waals surface area contributed by atoms with Crippen molar-refractivity contribution in [2.75, 3.05) is 6.54 Å². The van der Waals surface area contributed by atoms with Gasteiger partial charge in [-0.25, -0.2) is 12.8 Å². The Morgan fingerprint density at radius 2 is 1.88 bits per heavy atom. The van der Waals surface area contributed by atoms with Crippen LogP contribution < -0.4 is 5.32 Å². The van der Waals surface area contributed by atoms with Crippen LogP contribution in [0.1, 0.15) is 31.1 Å². The van der Waals surface area contributed by atoms with E-state index in [1.54, 1.807) is 11.4 Å².